The van der Waals surface area contributed by atoms with Gasteiger partial charge in [0.1, 0.15) is 11.5 Å². The molecule has 0 atom stereocenters. The number of amides is 1. The number of methoxy groups -OCH3 is 1. The minimum absolute atomic E-state index is 0.115. The molecule has 156 valence electrons. The number of carbonyl (C=O) groups excluding carboxylic acids is 1. The number of hydrogen-bond acceptors (Lipinski definition) is 4. The molecule has 3 aromatic rings. The second-order valence-corrected chi connectivity index (χ2v) is 7.83. The van der Waals surface area contributed by atoms with Gasteiger partial charge in [-0.2, -0.15) is 0 Å². The summed E-state index contributed by atoms with van der Waals surface area (Å²) in [7, 11) is 1.56. The number of rotatable bonds is 8. The third-order valence-electron chi connectivity index (χ3n) is 4.49. The lowest BCUT2D eigenvalue weighted by Gasteiger charge is -2.13. The van der Waals surface area contributed by atoms with Crippen molar-refractivity contribution in [2.24, 2.45) is 0 Å². The molecule has 0 fully saturated rings. The van der Waals surface area contributed by atoms with E-state index in [4.69, 9.17) is 21.1 Å². The average Bonchev–Trinajstić information content (AvgIpc) is 2.74. The van der Waals surface area contributed by atoms with E-state index in [-0.39, 0.29) is 12.5 Å². The van der Waals surface area contributed by atoms with Gasteiger partial charge in [-0.1, -0.05) is 35.9 Å². The van der Waals surface area contributed by atoms with Crippen molar-refractivity contribution in [3.63, 3.8) is 0 Å². The van der Waals surface area contributed by atoms with Crippen molar-refractivity contribution in [1.29, 1.82) is 0 Å². The molecule has 7 heteroatoms. The van der Waals surface area contributed by atoms with Crippen molar-refractivity contribution in [1.82, 2.24) is 0 Å². The van der Waals surface area contributed by atoms with Gasteiger partial charge < -0.3 is 20.1 Å². The van der Waals surface area contributed by atoms with Gasteiger partial charge in [0.25, 0.3) is 5.91 Å². The smallest absolute Gasteiger partial charge is 0.262 e. The van der Waals surface area contributed by atoms with Crippen LogP contribution in [0.1, 0.15) is 11.1 Å². The number of ether oxygens (including phenoxy) is 2. The zero-order valence-corrected chi connectivity index (χ0v) is 19.0. The van der Waals surface area contributed by atoms with Gasteiger partial charge in [-0.3, -0.25) is 4.79 Å². The van der Waals surface area contributed by atoms with Crippen LogP contribution in [0.3, 0.4) is 0 Å². The lowest BCUT2D eigenvalue weighted by molar-refractivity contribution is -0.118. The van der Waals surface area contributed by atoms with Crippen LogP contribution < -0.4 is 20.1 Å². The van der Waals surface area contributed by atoms with Crippen molar-refractivity contribution in [2.75, 3.05) is 24.4 Å². The first-order valence-electron chi connectivity index (χ1n) is 9.31. The summed E-state index contributed by atoms with van der Waals surface area (Å²) in [6.45, 7) is 2.50. The SMILES string of the molecule is COc1ccccc1NC(=O)COc1ccc(CNc2cccc(Cl)c2C)cc1Br. The number of carbonyl (C=O) groups is 1. The van der Waals surface area contributed by atoms with E-state index < -0.39 is 0 Å². The number of anilines is 2. The summed E-state index contributed by atoms with van der Waals surface area (Å²) < 4.78 is 11.7. The van der Waals surface area contributed by atoms with E-state index in [1.54, 1.807) is 19.2 Å². The van der Waals surface area contributed by atoms with Crippen LogP contribution in [-0.2, 0) is 11.3 Å². The second kappa shape index (κ2) is 10.4. The van der Waals surface area contributed by atoms with E-state index in [0.29, 0.717) is 23.7 Å². The molecule has 5 nitrogen and oxygen atoms in total. The minimum atomic E-state index is -0.270. The number of hydrogen-bond donors (Lipinski definition) is 2. The summed E-state index contributed by atoms with van der Waals surface area (Å²) in [4.78, 5) is 12.2. The van der Waals surface area contributed by atoms with Crippen LogP contribution in [0.2, 0.25) is 5.02 Å². The molecule has 2 N–H and O–H groups in total. The van der Waals surface area contributed by atoms with Gasteiger partial charge in [0.2, 0.25) is 0 Å². The molecule has 3 aromatic carbocycles. The number of para-hydroxylation sites is 2. The highest BCUT2D eigenvalue weighted by molar-refractivity contribution is 9.10. The van der Waals surface area contributed by atoms with Gasteiger partial charge in [0.05, 0.1) is 17.3 Å². The number of benzene rings is 3. The molecule has 0 aliphatic carbocycles. The van der Waals surface area contributed by atoms with Gasteiger partial charge >= 0.3 is 0 Å². The van der Waals surface area contributed by atoms with E-state index >= 15 is 0 Å². The fourth-order valence-electron chi connectivity index (χ4n) is 2.85. The molecule has 0 spiro atoms. The summed E-state index contributed by atoms with van der Waals surface area (Å²) in [5.41, 5.74) is 3.67. The van der Waals surface area contributed by atoms with E-state index in [2.05, 4.69) is 26.6 Å². The molecule has 0 saturated heterocycles. The van der Waals surface area contributed by atoms with Crippen molar-refractivity contribution in [3.8, 4) is 11.5 Å². The molecule has 0 bridgehead atoms. The molecule has 30 heavy (non-hydrogen) atoms. The zero-order valence-electron chi connectivity index (χ0n) is 16.7. The van der Waals surface area contributed by atoms with E-state index in [1.807, 2.05) is 55.5 Å². The molecule has 0 saturated carbocycles. The van der Waals surface area contributed by atoms with E-state index in [9.17, 15) is 4.79 Å². The van der Waals surface area contributed by atoms with Crippen molar-refractivity contribution in [2.45, 2.75) is 13.5 Å². The Labute approximate surface area is 189 Å². The molecule has 0 aromatic heterocycles. The van der Waals surface area contributed by atoms with E-state index in [1.165, 1.54) is 0 Å². The van der Waals surface area contributed by atoms with Crippen LogP contribution in [0.15, 0.2) is 65.1 Å². The van der Waals surface area contributed by atoms with Crippen LogP contribution in [0.4, 0.5) is 11.4 Å². The predicted octanol–water partition coefficient (Wildman–Crippen LogP) is 6.05. The average molecular weight is 490 g/mol. The standard InChI is InChI=1S/C23H22BrClN2O3/c1-15-18(25)6-5-8-19(15)26-13-16-10-11-21(17(24)12-16)30-14-23(28)27-20-7-3-4-9-22(20)29-2/h3-12,26H,13-14H2,1-2H3,(H,27,28). The Kier molecular flexibility index (Phi) is 7.60. The maximum atomic E-state index is 12.2. The van der Waals surface area contributed by atoms with Crippen LogP contribution in [0, 0.1) is 6.92 Å². The largest absolute Gasteiger partial charge is 0.495 e. The van der Waals surface area contributed by atoms with Crippen LogP contribution in [0.25, 0.3) is 0 Å². The Hall–Kier alpha value is -2.70. The number of nitrogens with one attached hydrogen (secondary N) is 2. The Morgan fingerprint density at radius 2 is 1.80 bits per heavy atom. The summed E-state index contributed by atoms with van der Waals surface area (Å²) in [5.74, 6) is 0.917. The molecular weight excluding hydrogens is 468 g/mol. The Morgan fingerprint density at radius 1 is 1.03 bits per heavy atom. The fraction of sp³-hybridized carbons (Fsp3) is 0.174. The minimum Gasteiger partial charge on any atom is -0.495 e. The molecule has 0 aliphatic heterocycles. The highest BCUT2D eigenvalue weighted by Gasteiger charge is 2.10. The predicted molar refractivity (Wildman–Crippen MR) is 125 cm³/mol. The number of halogens is 2. The molecule has 0 heterocycles. The van der Waals surface area contributed by atoms with Crippen LogP contribution >= 0.6 is 27.5 Å². The summed E-state index contributed by atoms with van der Waals surface area (Å²) in [6.07, 6.45) is 0. The Bertz CT molecular complexity index is 1040. The third kappa shape index (κ3) is 5.68. The normalized spacial score (nSPS) is 10.4. The van der Waals surface area contributed by atoms with Crippen molar-refractivity contribution in [3.05, 3.63) is 81.3 Å². The van der Waals surface area contributed by atoms with Gasteiger partial charge in [0, 0.05) is 17.3 Å². The molecular formula is C23H22BrClN2O3. The van der Waals surface area contributed by atoms with Crippen molar-refractivity contribution >= 4 is 44.8 Å². The maximum Gasteiger partial charge on any atom is 0.262 e. The highest BCUT2D eigenvalue weighted by Crippen LogP contribution is 2.28. The summed E-state index contributed by atoms with van der Waals surface area (Å²) >= 11 is 9.68. The van der Waals surface area contributed by atoms with Gasteiger partial charge in [-0.15, -0.1) is 0 Å². The first-order chi connectivity index (χ1) is 14.5. The quantitative estimate of drug-likeness (QED) is 0.404. The summed E-state index contributed by atoms with van der Waals surface area (Å²) in [5, 5.41) is 6.90. The molecule has 0 unspecified atom stereocenters. The van der Waals surface area contributed by atoms with Crippen LogP contribution in [0.5, 0.6) is 11.5 Å². The summed E-state index contributed by atoms with van der Waals surface area (Å²) in [6, 6.07) is 18.7. The molecule has 1 amide bonds. The molecule has 0 radical (unpaired) electrons. The Morgan fingerprint density at radius 3 is 2.57 bits per heavy atom. The van der Waals surface area contributed by atoms with Gasteiger partial charge in [0.15, 0.2) is 6.61 Å². The zero-order chi connectivity index (χ0) is 21.5. The van der Waals surface area contributed by atoms with Gasteiger partial charge in [-0.05, 0) is 70.4 Å². The lowest BCUT2D eigenvalue weighted by atomic mass is 10.1. The third-order valence-corrected chi connectivity index (χ3v) is 5.52. The van der Waals surface area contributed by atoms with Crippen molar-refractivity contribution < 1.29 is 14.3 Å². The molecule has 0 aliphatic rings. The Balaban J connectivity index is 1.56. The lowest BCUT2D eigenvalue weighted by Crippen LogP contribution is -2.20. The first-order valence-corrected chi connectivity index (χ1v) is 10.5. The highest BCUT2D eigenvalue weighted by atomic mass is 79.9. The van der Waals surface area contributed by atoms with E-state index in [0.717, 1.165) is 26.3 Å². The fourth-order valence-corrected chi connectivity index (χ4v) is 3.56. The maximum absolute atomic E-state index is 12.2. The molecule has 3 rings (SSSR count). The monoisotopic (exact) mass is 488 g/mol. The second-order valence-electron chi connectivity index (χ2n) is 6.57. The van der Waals surface area contributed by atoms with Crippen LogP contribution in [-0.4, -0.2) is 19.6 Å². The first kappa shape index (κ1) is 22.0. The van der Waals surface area contributed by atoms with Gasteiger partial charge in [-0.25, -0.2) is 0 Å². The topological polar surface area (TPSA) is 59.6 Å².